The molecule has 1 atom stereocenters. The summed E-state index contributed by atoms with van der Waals surface area (Å²) in [5, 5.41) is 17.8. The largest absolute Gasteiger partial charge is 0.325 e. The van der Waals surface area contributed by atoms with Crippen LogP contribution < -0.4 is 5.32 Å². The van der Waals surface area contributed by atoms with Crippen LogP contribution in [-0.2, 0) is 11.2 Å². The van der Waals surface area contributed by atoms with Gasteiger partial charge in [-0.1, -0.05) is 6.07 Å². The van der Waals surface area contributed by atoms with Crippen LogP contribution in [0.25, 0.3) is 0 Å². The number of nitrogens with one attached hydrogen (secondary N) is 1. The second-order valence-corrected chi connectivity index (χ2v) is 8.27. The molecule has 0 unspecified atom stereocenters. The van der Waals surface area contributed by atoms with Gasteiger partial charge in [0.2, 0.25) is 5.91 Å². The van der Waals surface area contributed by atoms with Crippen molar-refractivity contribution in [3.05, 3.63) is 78.7 Å². The molecule has 1 amide bonds. The third-order valence-electron chi connectivity index (χ3n) is 4.59. The fourth-order valence-electron chi connectivity index (χ4n) is 3.37. The van der Waals surface area contributed by atoms with Crippen molar-refractivity contribution in [1.29, 1.82) is 0 Å². The Bertz CT molecular complexity index is 951. The van der Waals surface area contributed by atoms with E-state index in [0.29, 0.717) is 5.69 Å². The standard InChI is InChI=1S/C19H17N3O3S2/c23-18(20-13-3-5-14(6-4-13)22(24)25)12-21-9-7-16-15(8-11-27-16)19(21)17-2-1-10-26-17/h1-6,8,10-11,19H,7,9,12H2,(H,20,23)/t19-/m0/s1. The van der Waals surface area contributed by atoms with Crippen LogP contribution in [0.5, 0.6) is 0 Å². The topological polar surface area (TPSA) is 75.5 Å². The van der Waals surface area contributed by atoms with E-state index in [0.717, 1.165) is 13.0 Å². The molecule has 1 N–H and O–H groups in total. The van der Waals surface area contributed by atoms with Gasteiger partial charge in [-0.15, -0.1) is 22.7 Å². The van der Waals surface area contributed by atoms with E-state index in [1.54, 1.807) is 34.8 Å². The summed E-state index contributed by atoms with van der Waals surface area (Å²) >= 11 is 3.48. The lowest BCUT2D eigenvalue weighted by molar-refractivity contribution is -0.384. The van der Waals surface area contributed by atoms with E-state index in [-0.39, 0.29) is 24.2 Å². The molecular formula is C19H17N3O3S2. The summed E-state index contributed by atoms with van der Waals surface area (Å²) < 4.78 is 0. The summed E-state index contributed by atoms with van der Waals surface area (Å²) in [5.41, 5.74) is 1.86. The number of amides is 1. The lowest BCUT2D eigenvalue weighted by atomic mass is 9.98. The number of nitrogens with zero attached hydrogens (tertiary/aromatic N) is 2. The highest BCUT2D eigenvalue weighted by Gasteiger charge is 2.31. The number of nitro groups is 1. The second-order valence-electron chi connectivity index (χ2n) is 6.29. The van der Waals surface area contributed by atoms with E-state index in [2.05, 4.69) is 33.1 Å². The number of nitro benzene ring substituents is 1. The molecule has 0 radical (unpaired) electrons. The zero-order valence-corrected chi connectivity index (χ0v) is 16.0. The molecule has 27 heavy (non-hydrogen) atoms. The van der Waals surface area contributed by atoms with Crippen molar-refractivity contribution in [3.63, 3.8) is 0 Å². The summed E-state index contributed by atoms with van der Waals surface area (Å²) in [6.07, 6.45) is 0.944. The molecule has 3 heterocycles. The van der Waals surface area contributed by atoms with Gasteiger partial charge in [-0.25, -0.2) is 0 Å². The van der Waals surface area contributed by atoms with Gasteiger partial charge in [-0.2, -0.15) is 0 Å². The van der Waals surface area contributed by atoms with Gasteiger partial charge in [-0.05, 0) is 47.0 Å². The summed E-state index contributed by atoms with van der Waals surface area (Å²) in [6, 6.07) is 12.3. The first kappa shape index (κ1) is 17.8. The first-order valence-electron chi connectivity index (χ1n) is 8.50. The minimum atomic E-state index is -0.455. The Morgan fingerprint density at radius 2 is 2.00 bits per heavy atom. The normalized spacial score (nSPS) is 16.7. The molecule has 138 valence electrons. The molecule has 1 aromatic carbocycles. The third kappa shape index (κ3) is 3.78. The molecule has 2 aromatic heterocycles. The lowest BCUT2D eigenvalue weighted by Gasteiger charge is -2.34. The average Bonchev–Trinajstić information content (AvgIpc) is 3.33. The Balaban J connectivity index is 1.49. The molecule has 0 saturated heterocycles. The van der Waals surface area contributed by atoms with Crippen LogP contribution in [0.4, 0.5) is 11.4 Å². The zero-order chi connectivity index (χ0) is 18.8. The molecule has 0 aliphatic carbocycles. The average molecular weight is 399 g/mol. The van der Waals surface area contributed by atoms with Crippen LogP contribution >= 0.6 is 22.7 Å². The Labute approximate surface area is 164 Å². The maximum absolute atomic E-state index is 12.6. The van der Waals surface area contributed by atoms with E-state index < -0.39 is 4.92 Å². The summed E-state index contributed by atoms with van der Waals surface area (Å²) in [4.78, 5) is 27.7. The molecule has 1 aliphatic heterocycles. The van der Waals surface area contributed by atoms with E-state index in [1.807, 2.05) is 6.07 Å². The number of hydrogen-bond acceptors (Lipinski definition) is 6. The van der Waals surface area contributed by atoms with Crippen molar-refractivity contribution in [2.45, 2.75) is 12.5 Å². The Morgan fingerprint density at radius 3 is 2.70 bits per heavy atom. The fraction of sp³-hybridized carbons (Fsp3) is 0.211. The quantitative estimate of drug-likeness (QED) is 0.513. The third-order valence-corrected chi connectivity index (χ3v) is 6.51. The van der Waals surface area contributed by atoms with Gasteiger partial charge in [-0.3, -0.25) is 19.8 Å². The highest BCUT2D eigenvalue weighted by atomic mass is 32.1. The Hall–Kier alpha value is -2.55. The van der Waals surface area contributed by atoms with E-state index in [9.17, 15) is 14.9 Å². The highest BCUT2D eigenvalue weighted by molar-refractivity contribution is 7.10. The molecule has 0 spiro atoms. The fourth-order valence-corrected chi connectivity index (χ4v) is 5.15. The van der Waals surface area contributed by atoms with E-state index in [4.69, 9.17) is 0 Å². The van der Waals surface area contributed by atoms with Gasteiger partial charge < -0.3 is 5.32 Å². The maximum Gasteiger partial charge on any atom is 0.269 e. The van der Waals surface area contributed by atoms with Gasteiger partial charge in [0.05, 0.1) is 17.5 Å². The number of benzene rings is 1. The molecule has 0 fully saturated rings. The molecule has 4 rings (SSSR count). The predicted octanol–water partition coefficient (Wildman–Crippen LogP) is 4.30. The monoisotopic (exact) mass is 399 g/mol. The summed E-state index contributed by atoms with van der Waals surface area (Å²) in [6.45, 7) is 1.10. The molecule has 0 saturated carbocycles. The Kier molecular flexibility index (Phi) is 5.02. The molecule has 8 heteroatoms. The maximum atomic E-state index is 12.6. The van der Waals surface area contributed by atoms with Crippen molar-refractivity contribution in [2.24, 2.45) is 0 Å². The van der Waals surface area contributed by atoms with Crippen molar-refractivity contribution in [2.75, 3.05) is 18.4 Å². The zero-order valence-electron chi connectivity index (χ0n) is 14.3. The van der Waals surface area contributed by atoms with Crippen molar-refractivity contribution in [3.8, 4) is 0 Å². The number of hydrogen-bond donors (Lipinski definition) is 1. The van der Waals surface area contributed by atoms with Gasteiger partial charge in [0.15, 0.2) is 0 Å². The first-order valence-corrected chi connectivity index (χ1v) is 10.3. The predicted molar refractivity (Wildman–Crippen MR) is 107 cm³/mol. The van der Waals surface area contributed by atoms with Crippen LogP contribution in [-0.4, -0.2) is 28.8 Å². The molecule has 0 bridgehead atoms. The molecule has 1 aliphatic rings. The van der Waals surface area contributed by atoms with Gasteiger partial charge in [0.25, 0.3) is 5.69 Å². The Morgan fingerprint density at radius 1 is 1.19 bits per heavy atom. The van der Waals surface area contributed by atoms with E-state index in [1.165, 1.54) is 27.5 Å². The number of fused-ring (bicyclic) bond motifs is 1. The van der Waals surface area contributed by atoms with Gasteiger partial charge in [0, 0.05) is 34.1 Å². The van der Waals surface area contributed by atoms with Gasteiger partial charge in [0.1, 0.15) is 0 Å². The first-order chi connectivity index (χ1) is 13.1. The number of carbonyl (C=O) groups is 1. The number of non-ortho nitro benzene ring substituents is 1. The van der Waals surface area contributed by atoms with Crippen LogP contribution in [0.1, 0.15) is 21.4 Å². The summed E-state index contributed by atoms with van der Waals surface area (Å²) in [5.74, 6) is -0.121. The van der Waals surface area contributed by atoms with Crippen LogP contribution in [0, 0.1) is 10.1 Å². The number of anilines is 1. The second kappa shape index (κ2) is 7.59. The molecule has 3 aromatic rings. The van der Waals surface area contributed by atoms with Crippen molar-refractivity contribution >= 4 is 40.0 Å². The summed E-state index contributed by atoms with van der Waals surface area (Å²) in [7, 11) is 0. The smallest absolute Gasteiger partial charge is 0.269 e. The van der Waals surface area contributed by atoms with Crippen LogP contribution in [0.15, 0.2) is 53.2 Å². The number of thiophene rings is 2. The number of rotatable bonds is 5. The van der Waals surface area contributed by atoms with Crippen LogP contribution in [0.3, 0.4) is 0 Å². The minimum Gasteiger partial charge on any atom is -0.325 e. The minimum absolute atomic E-state index is 0.00627. The molecular weight excluding hydrogens is 382 g/mol. The van der Waals surface area contributed by atoms with Crippen LogP contribution in [0.2, 0.25) is 0 Å². The van der Waals surface area contributed by atoms with E-state index >= 15 is 0 Å². The van der Waals surface area contributed by atoms with Crippen molar-refractivity contribution < 1.29 is 9.72 Å². The van der Waals surface area contributed by atoms with Gasteiger partial charge >= 0.3 is 0 Å². The van der Waals surface area contributed by atoms with Crippen molar-refractivity contribution in [1.82, 2.24) is 4.90 Å². The lowest BCUT2D eigenvalue weighted by Crippen LogP contribution is -2.40. The number of carbonyl (C=O) groups excluding carboxylic acids is 1. The highest BCUT2D eigenvalue weighted by Crippen LogP contribution is 2.39. The molecule has 6 nitrogen and oxygen atoms in total. The SMILES string of the molecule is O=C(CN1CCc2sccc2[C@H]1c1cccs1)Nc1ccc([N+](=O)[O-])cc1.